The number of nitrogens with zero attached hydrogens (tertiary/aromatic N) is 1. The molecule has 0 unspecified atom stereocenters. The van der Waals surface area contributed by atoms with E-state index in [0.717, 1.165) is 18.6 Å². The van der Waals surface area contributed by atoms with E-state index in [1.54, 1.807) is 28.8 Å². The minimum Gasteiger partial charge on any atom is -0.394 e. The molecule has 0 aromatic heterocycles. The van der Waals surface area contributed by atoms with Crippen molar-refractivity contribution in [1.29, 1.82) is 0 Å². The van der Waals surface area contributed by atoms with E-state index in [-0.39, 0.29) is 24.5 Å². The second-order valence-electron chi connectivity index (χ2n) is 5.05. The second kappa shape index (κ2) is 8.24. The summed E-state index contributed by atoms with van der Waals surface area (Å²) in [7, 11) is 0. The highest BCUT2D eigenvalue weighted by molar-refractivity contribution is 7.98. The normalized spacial score (nSPS) is 18.0. The van der Waals surface area contributed by atoms with Crippen LogP contribution in [0.25, 0.3) is 0 Å². The molecule has 2 N–H and O–H groups in total. The van der Waals surface area contributed by atoms with Gasteiger partial charge in [-0.25, -0.2) is 9.18 Å². The number of rotatable bonds is 6. The van der Waals surface area contributed by atoms with Crippen molar-refractivity contribution in [2.45, 2.75) is 24.6 Å². The van der Waals surface area contributed by atoms with Crippen LogP contribution in [-0.2, 0) is 5.75 Å². The summed E-state index contributed by atoms with van der Waals surface area (Å²) < 4.78 is 13.4. The molecule has 2 amide bonds. The molecule has 1 aliphatic heterocycles. The summed E-state index contributed by atoms with van der Waals surface area (Å²) in [5.41, 5.74) is 0.689. The molecule has 21 heavy (non-hydrogen) atoms. The quantitative estimate of drug-likeness (QED) is 0.792. The molecule has 116 valence electrons. The van der Waals surface area contributed by atoms with Crippen molar-refractivity contribution < 1.29 is 14.3 Å². The van der Waals surface area contributed by atoms with Gasteiger partial charge in [0.15, 0.2) is 0 Å². The largest absolute Gasteiger partial charge is 0.394 e. The number of hydrogen-bond donors (Lipinski definition) is 2. The van der Waals surface area contributed by atoms with Crippen LogP contribution in [0.5, 0.6) is 0 Å². The average molecular weight is 312 g/mol. The molecule has 0 bridgehead atoms. The van der Waals surface area contributed by atoms with Crippen molar-refractivity contribution in [3.8, 4) is 0 Å². The number of carbonyl (C=O) groups is 1. The lowest BCUT2D eigenvalue weighted by Crippen LogP contribution is -2.44. The predicted molar refractivity (Wildman–Crippen MR) is 82.8 cm³/mol. The smallest absolute Gasteiger partial charge is 0.317 e. The molecule has 1 aromatic carbocycles. The number of benzene rings is 1. The maximum atomic E-state index is 13.4. The fourth-order valence-electron chi connectivity index (χ4n) is 2.42. The third-order valence-corrected chi connectivity index (χ3v) is 4.59. The van der Waals surface area contributed by atoms with Crippen molar-refractivity contribution in [3.05, 3.63) is 35.6 Å². The van der Waals surface area contributed by atoms with Crippen LogP contribution < -0.4 is 5.32 Å². The summed E-state index contributed by atoms with van der Waals surface area (Å²) in [6.07, 6.45) is 1.81. The van der Waals surface area contributed by atoms with Gasteiger partial charge < -0.3 is 15.3 Å². The van der Waals surface area contributed by atoms with Gasteiger partial charge in [-0.3, -0.25) is 0 Å². The van der Waals surface area contributed by atoms with Gasteiger partial charge in [-0.2, -0.15) is 11.8 Å². The number of aliphatic hydroxyl groups excluding tert-OH is 1. The van der Waals surface area contributed by atoms with E-state index in [1.165, 1.54) is 6.07 Å². The van der Waals surface area contributed by atoms with E-state index < -0.39 is 0 Å². The van der Waals surface area contributed by atoms with Gasteiger partial charge in [0, 0.05) is 24.6 Å². The van der Waals surface area contributed by atoms with Crippen LogP contribution in [0, 0.1) is 5.82 Å². The number of amides is 2. The number of halogens is 1. The van der Waals surface area contributed by atoms with Gasteiger partial charge >= 0.3 is 6.03 Å². The van der Waals surface area contributed by atoms with Gasteiger partial charge in [-0.15, -0.1) is 0 Å². The minimum atomic E-state index is -0.183. The van der Waals surface area contributed by atoms with Gasteiger partial charge in [0.2, 0.25) is 0 Å². The number of urea groups is 1. The zero-order valence-electron chi connectivity index (χ0n) is 11.9. The Bertz CT molecular complexity index is 473. The molecule has 6 heteroatoms. The van der Waals surface area contributed by atoms with Crippen LogP contribution in [0.15, 0.2) is 24.3 Å². The van der Waals surface area contributed by atoms with Gasteiger partial charge in [-0.05, 0) is 24.5 Å². The Hall–Kier alpha value is -1.27. The zero-order valence-corrected chi connectivity index (χ0v) is 12.7. The lowest BCUT2D eigenvalue weighted by atomic mass is 10.2. The Morgan fingerprint density at radius 2 is 2.29 bits per heavy atom. The summed E-state index contributed by atoms with van der Waals surface area (Å²) in [5, 5.41) is 12.0. The lowest BCUT2D eigenvalue weighted by molar-refractivity contribution is 0.157. The third-order valence-electron chi connectivity index (χ3n) is 3.59. The summed E-state index contributed by atoms with van der Waals surface area (Å²) in [6.45, 7) is 1.28. The third kappa shape index (κ3) is 4.61. The standard InChI is InChI=1S/C15H21FN2O2S/c16-14-6-2-1-4-12(14)11-21-9-7-17-15(20)18-8-3-5-13(18)10-19/h1-2,4,6,13,19H,3,5,7-11H2,(H,17,20)/t13-/m1/s1. The number of carbonyl (C=O) groups excluding carboxylic acids is 1. The van der Waals surface area contributed by atoms with Crippen LogP contribution >= 0.6 is 11.8 Å². The fraction of sp³-hybridized carbons (Fsp3) is 0.533. The SMILES string of the molecule is O=C(NCCSCc1ccccc1F)N1CCC[C@@H]1CO. The first-order valence-corrected chi connectivity index (χ1v) is 8.34. The van der Waals surface area contributed by atoms with Gasteiger partial charge in [0.25, 0.3) is 0 Å². The number of likely N-dealkylation sites (tertiary alicyclic amines) is 1. The lowest BCUT2D eigenvalue weighted by Gasteiger charge is -2.23. The second-order valence-corrected chi connectivity index (χ2v) is 6.15. The molecule has 1 aromatic rings. The molecule has 2 rings (SSSR count). The average Bonchev–Trinajstić information content (AvgIpc) is 2.97. The van der Waals surface area contributed by atoms with Crippen LogP contribution in [-0.4, -0.2) is 47.5 Å². The maximum Gasteiger partial charge on any atom is 0.317 e. The Morgan fingerprint density at radius 1 is 1.48 bits per heavy atom. The molecular weight excluding hydrogens is 291 g/mol. The molecule has 4 nitrogen and oxygen atoms in total. The van der Waals surface area contributed by atoms with Gasteiger partial charge in [-0.1, -0.05) is 18.2 Å². The van der Waals surface area contributed by atoms with E-state index in [1.807, 2.05) is 6.07 Å². The topological polar surface area (TPSA) is 52.6 Å². The number of nitrogens with one attached hydrogen (secondary N) is 1. The van der Waals surface area contributed by atoms with Crippen molar-refractivity contribution in [2.75, 3.05) is 25.4 Å². The van der Waals surface area contributed by atoms with Crippen LogP contribution in [0.1, 0.15) is 18.4 Å². The summed E-state index contributed by atoms with van der Waals surface area (Å²) >= 11 is 1.59. The number of aliphatic hydroxyl groups is 1. The molecule has 1 saturated heterocycles. The summed E-state index contributed by atoms with van der Waals surface area (Å²) in [4.78, 5) is 13.6. The van der Waals surface area contributed by atoms with E-state index >= 15 is 0 Å². The molecule has 1 aliphatic rings. The molecule has 1 atom stereocenters. The van der Waals surface area contributed by atoms with E-state index in [9.17, 15) is 14.3 Å². The van der Waals surface area contributed by atoms with Crippen LogP contribution in [0.3, 0.4) is 0 Å². The van der Waals surface area contributed by atoms with E-state index in [0.29, 0.717) is 24.4 Å². The molecule has 0 radical (unpaired) electrons. The first-order chi connectivity index (χ1) is 10.2. The van der Waals surface area contributed by atoms with Crippen molar-refractivity contribution in [1.82, 2.24) is 10.2 Å². The number of thioether (sulfide) groups is 1. The summed E-state index contributed by atoms with van der Waals surface area (Å²) in [5.74, 6) is 1.15. The Labute approximate surface area is 128 Å². The van der Waals surface area contributed by atoms with Crippen LogP contribution in [0.2, 0.25) is 0 Å². The highest BCUT2D eigenvalue weighted by Crippen LogP contribution is 2.17. The molecule has 0 saturated carbocycles. The monoisotopic (exact) mass is 312 g/mol. The van der Waals surface area contributed by atoms with Gasteiger partial charge in [0.1, 0.15) is 5.82 Å². The van der Waals surface area contributed by atoms with Crippen molar-refractivity contribution in [2.24, 2.45) is 0 Å². The minimum absolute atomic E-state index is 0.0233. The maximum absolute atomic E-state index is 13.4. The van der Waals surface area contributed by atoms with E-state index in [4.69, 9.17) is 0 Å². The van der Waals surface area contributed by atoms with Crippen molar-refractivity contribution >= 4 is 17.8 Å². The first kappa shape index (κ1) is 16.1. The molecular formula is C15H21FN2O2S. The summed E-state index contributed by atoms with van der Waals surface area (Å²) in [6, 6.07) is 6.58. The Balaban J connectivity index is 1.64. The number of hydrogen-bond acceptors (Lipinski definition) is 3. The predicted octanol–water partition coefficient (Wildman–Crippen LogP) is 2.23. The molecule has 1 fully saturated rings. The van der Waals surface area contributed by atoms with E-state index in [2.05, 4.69) is 5.32 Å². The molecule has 1 heterocycles. The fourth-order valence-corrected chi connectivity index (χ4v) is 3.27. The first-order valence-electron chi connectivity index (χ1n) is 7.19. The molecule has 0 aliphatic carbocycles. The van der Waals surface area contributed by atoms with Gasteiger partial charge in [0.05, 0.1) is 12.6 Å². The highest BCUT2D eigenvalue weighted by atomic mass is 32.2. The molecule has 0 spiro atoms. The zero-order chi connectivity index (χ0) is 15.1. The highest BCUT2D eigenvalue weighted by Gasteiger charge is 2.27. The Morgan fingerprint density at radius 3 is 3.05 bits per heavy atom. The Kier molecular flexibility index (Phi) is 6.32. The van der Waals surface area contributed by atoms with Crippen LogP contribution in [0.4, 0.5) is 9.18 Å². The van der Waals surface area contributed by atoms with Crippen molar-refractivity contribution in [3.63, 3.8) is 0 Å².